The first-order chi connectivity index (χ1) is 8.08. The van der Waals surface area contributed by atoms with E-state index < -0.39 is 0 Å². The number of carbonyl (C=O) groups is 2. The lowest BCUT2D eigenvalue weighted by atomic mass is 9.90. The Bertz CT molecular complexity index is 311. The zero-order valence-electron chi connectivity index (χ0n) is 10.3. The number of hydrogen-bond donors (Lipinski definition) is 2. The first-order valence-corrected chi connectivity index (χ1v) is 6.39. The SMILES string of the molecule is CN(C(=O)[C@@H]1CCC(=O)N1)C1CCC(N)CC1. The van der Waals surface area contributed by atoms with Gasteiger partial charge in [0, 0.05) is 25.6 Å². The van der Waals surface area contributed by atoms with Gasteiger partial charge in [-0.2, -0.15) is 0 Å². The standard InChI is InChI=1S/C12H21N3O2/c1-15(9-4-2-8(13)3-5-9)12(17)10-6-7-11(16)14-10/h8-10H,2-7,13H2,1H3,(H,14,16)/t8?,9?,10-/m0/s1. The van der Waals surface area contributed by atoms with E-state index in [4.69, 9.17) is 5.73 Å². The number of nitrogens with two attached hydrogens (primary N) is 1. The summed E-state index contributed by atoms with van der Waals surface area (Å²) in [5.74, 6) is 0.0405. The van der Waals surface area contributed by atoms with Gasteiger partial charge in [-0.3, -0.25) is 9.59 Å². The zero-order valence-corrected chi connectivity index (χ0v) is 10.3. The summed E-state index contributed by atoms with van der Waals surface area (Å²) in [6.07, 6.45) is 5.03. The van der Waals surface area contributed by atoms with E-state index in [0.29, 0.717) is 24.9 Å². The molecule has 96 valence electrons. The molecule has 0 bridgehead atoms. The van der Waals surface area contributed by atoms with Gasteiger partial charge < -0.3 is 16.0 Å². The van der Waals surface area contributed by atoms with Crippen molar-refractivity contribution in [3.8, 4) is 0 Å². The van der Waals surface area contributed by atoms with Crippen LogP contribution in [0.2, 0.25) is 0 Å². The van der Waals surface area contributed by atoms with Gasteiger partial charge in [-0.05, 0) is 32.1 Å². The highest BCUT2D eigenvalue weighted by molar-refractivity contribution is 5.90. The summed E-state index contributed by atoms with van der Waals surface area (Å²) >= 11 is 0. The summed E-state index contributed by atoms with van der Waals surface area (Å²) in [4.78, 5) is 25.1. The van der Waals surface area contributed by atoms with E-state index >= 15 is 0 Å². The lowest BCUT2D eigenvalue weighted by Crippen LogP contribution is -2.48. The highest BCUT2D eigenvalue weighted by atomic mass is 16.2. The van der Waals surface area contributed by atoms with Crippen molar-refractivity contribution in [2.75, 3.05) is 7.05 Å². The first kappa shape index (κ1) is 12.4. The second kappa shape index (κ2) is 5.04. The zero-order chi connectivity index (χ0) is 12.4. The Morgan fingerprint density at radius 3 is 2.47 bits per heavy atom. The summed E-state index contributed by atoms with van der Waals surface area (Å²) in [6.45, 7) is 0. The molecule has 1 saturated carbocycles. The molecule has 0 aromatic rings. The first-order valence-electron chi connectivity index (χ1n) is 6.39. The summed E-state index contributed by atoms with van der Waals surface area (Å²) in [7, 11) is 1.84. The third-order valence-electron chi connectivity index (χ3n) is 3.93. The van der Waals surface area contributed by atoms with Gasteiger partial charge in [0.15, 0.2) is 0 Å². The molecule has 2 aliphatic rings. The number of carbonyl (C=O) groups excluding carboxylic acids is 2. The Morgan fingerprint density at radius 1 is 1.29 bits per heavy atom. The van der Waals surface area contributed by atoms with Crippen molar-refractivity contribution in [1.29, 1.82) is 0 Å². The van der Waals surface area contributed by atoms with Crippen LogP contribution in [-0.4, -0.2) is 41.9 Å². The molecule has 0 radical (unpaired) electrons. The van der Waals surface area contributed by atoms with Crippen LogP contribution in [0.25, 0.3) is 0 Å². The van der Waals surface area contributed by atoms with Gasteiger partial charge in [0.05, 0.1) is 0 Å². The molecule has 2 amide bonds. The molecular weight excluding hydrogens is 218 g/mol. The normalized spacial score (nSPS) is 33.3. The molecular formula is C12H21N3O2. The molecule has 2 rings (SSSR count). The predicted octanol–water partition coefficient (Wildman–Crippen LogP) is -0.00670. The number of likely N-dealkylation sites (N-methyl/N-ethyl adjacent to an activating group) is 1. The molecule has 0 aromatic carbocycles. The Labute approximate surface area is 102 Å². The molecule has 0 spiro atoms. The molecule has 1 saturated heterocycles. The van der Waals surface area contributed by atoms with Gasteiger partial charge >= 0.3 is 0 Å². The van der Waals surface area contributed by atoms with Crippen LogP contribution in [0.4, 0.5) is 0 Å². The Morgan fingerprint density at radius 2 is 1.94 bits per heavy atom. The van der Waals surface area contributed by atoms with E-state index in [2.05, 4.69) is 5.32 Å². The van der Waals surface area contributed by atoms with Crippen LogP contribution < -0.4 is 11.1 Å². The molecule has 1 aliphatic heterocycles. The minimum atomic E-state index is -0.303. The van der Waals surface area contributed by atoms with Gasteiger partial charge in [-0.1, -0.05) is 0 Å². The Kier molecular flexibility index (Phi) is 3.66. The summed E-state index contributed by atoms with van der Waals surface area (Å²) in [5.41, 5.74) is 5.85. The maximum atomic E-state index is 12.2. The van der Waals surface area contributed by atoms with Crippen LogP contribution in [-0.2, 0) is 9.59 Å². The lowest BCUT2D eigenvalue weighted by Gasteiger charge is -2.34. The summed E-state index contributed by atoms with van der Waals surface area (Å²) < 4.78 is 0. The van der Waals surface area contributed by atoms with Crippen molar-refractivity contribution in [3.05, 3.63) is 0 Å². The molecule has 0 unspecified atom stereocenters. The van der Waals surface area contributed by atoms with E-state index in [-0.39, 0.29) is 17.9 Å². The van der Waals surface area contributed by atoms with Crippen molar-refractivity contribution in [2.24, 2.45) is 5.73 Å². The number of nitrogens with one attached hydrogen (secondary N) is 1. The fourth-order valence-electron chi connectivity index (χ4n) is 2.71. The highest BCUT2D eigenvalue weighted by Gasteiger charge is 2.33. The van der Waals surface area contributed by atoms with E-state index in [1.165, 1.54) is 0 Å². The molecule has 17 heavy (non-hydrogen) atoms. The van der Waals surface area contributed by atoms with E-state index in [1.54, 1.807) is 0 Å². The maximum absolute atomic E-state index is 12.2. The number of amides is 2. The van der Waals surface area contributed by atoms with E-state index in [1.807, 2.05) is 11.9 Å². The Hall–Kier alpha value is -1.10. The molecule has 0 aromatic heterocycles. The van der Waals surface area contributed by atoms with Crippen molar-refractivity contribution < 1.29 is 9.59 Å². The minimum absolute atomic E-state index is 0.0117. The smallest absolute Gasteiger partial charge is 0.245 e. The Balaban J connectivity index is 1.88. The third-order valence-corrected chi connectivity index (χ3v) is 3.93. The van der Waals surface area contributed by atoms with Gasteiger partial charge in [0.1, 0.15) is 6.04 Å². The van der Waals surface area contributed by atoms with Crippen LogP contribution in [0.15, 0.2) is 0 Å². The number of nitrogens with zero attached hydrogens (tertiary/aromatic N) is 1. The molecule has 2 fully saturated rings. The second-order valence-corrected chi connectivity index (χ2v) is 5.18. The van der Waals surface area contributed by atoms with Crippen LogP contribution in [0.3, 0.4) is 0 Å². The number of hydrogen-bond acceptors (Lipinski definition) is 3. The van der Waals surface area contributed by atoms with Crippen molar-refractivity contribution in [2.45, 2.75) is 56.7 Å². The molecule has 1 aliphatic carbocycles. The fourth-order valence-corrected chi connectivity index (χ4v) is 2.71. The van der Waals surface area contributed by atoms with Crippen molar-refractivity contribution in [1.82, 2.24) is 10.2 Å². The molecule has 5 nitrogen and oxygen atoms in total. The third kappa shape index (κ3) is 2.77. The summed E-state index contributed by atoms with van der Waals surface area (Å²) in [6, 6.07) is 0.281. The lowest BCUT2D eigenvalue weighted by molar-refractivity contribution is -0.135. The largest absolute Gasteiger partial charge is 0.344 e. The topological polar surface area (TPSA) is 75.4 Å². The number of rotatable bonds is 2. The van der Waals surface area contributed by atoms with Crippen LogP contribution in [0, 0.1) is 0 Å². The van der Waals surface area contributed by atoms with Crippen LogP contribution >= 0.6 is 0 Å². The van der Waals surface area contributed by atoms with Gasteiger partial charge in [-0.15, -0.1) is 0 Å². The fraction of sp³-hybridized carbons (Fsp3) is 0.833. The van der Waals surface area contributed by atoms with E-state index in [0.717, 1.165) is 25.7 Å². The van der Waals surface area contributed by atoms with Gasteiger partial charge in [0.25, 0.3) is 0 Å². The van der Waals surface area contributed by atoms with Crippen LogP contribution in [0.1, 0.15) is 38.5 Å². The highest BCUT2D eigenvalue weighted by Crippen LogP contribution is 2.22. The van der Waals surface area contributed by atoms with Crippen LogP contribution in [0.5, 0.6) is 0 Å². The maximum Gasteiger partial charge on any atom is 0.245 e. The van der Waals surface area contributed by atoms with Gasteiger partial charge in [-0.25, -0.2) is 0 Å². The minimum Gasteiger partial charge on any atom is -0.344 e. The predicted molar refractivity (Wildman–Crippen MR) is 64.2 cm³/mol. The molecule has 3 N–H and O–H groups in total. The summed E-state index contributed by atoms with van der Waals surface area (Å²) in [5, 5.41) is 2.73. The molecule has 1 heterocycles. The van der Waals surface area contributed by atoms with E-state index in [9.17, 15) is 9.59 Å². The monoisotopic (exact) mass is 239 g/mol. The second-order valence-electron chi connectivity index (χ2n) is 5.18. The quantitative estimate of drug-likeness (QED) is 0.712. The van der Waals surface area contributed by atoms with Crippen molar-refractivity contribution >= 4 is 11.8 Å². The van der Waals surface area contributed by atoms with Crippen molar-refractivity contribution in [3.63, 3.8) is 0 Å². The molecule has 5 heteroatoms. The molecule has 1 atom stereocenters. The average molecular weight is 239 g/mol. The van der Waals surface area contributed by atoms with Gasteiger partial charge in [0.2, 0.25) is 11.8 Å². The average Bonchev–Trinajstić information content (AvgIpc) is 2.75.